The van der Waals surface area contributed by atoms with Gasteiger partial charge in [-0.3, -0.25) is 0 Å². The van der Waals surface area contributed by atoms with Crippen LogP contribution in [0.5, 0.6) is 11.5 Å². The number of rotatable bonds is 1. The Morgan fingerprint density at radius 3 is 2.56 bits per heavy atom. The molecule has 0 amide bonds. The van der Waals surface area contributed by atoms with Gasteiger partial charge < -0.3 is 15.5 Å². The first kappa shape index (κ1) is 11.6. The Bertz CT molecular complexity index is 400. The second-order valence-corrected chi connectivity index (χ2v) is 4.69. The molecular formula is C12H16ClNO2. The highest BCUT2D eigenvalue weighted by Crippen LogP contribution is 2.43. The van der Waals surface area contributed by atoms with Crippen LogP contribution in [-0.2, 0) is 0 Å². The first-order valence-electron chi connectivity index (χ1n) is 5.53. The fraction of sp³-hybridized carbons (Fsp3) is 0.500. The summed E-state index contributed by atoms with van der Waals surface area (Å²) in [5, 5.41) is 22.7. The van der Waals surface area contributed by atoms with Crippen molar-refractivity contribution in [2.75, 3.05) is 13.1 Å². The molecule has 1 aliphatic heterocycles. The fourth-order valence-electron chi connectivity index (χ4n) is 2.38. The summed E-state index contributed by atoms with van der Waals surface area (Å²) in [6, 6.07) is 1.58. The van der Waals surface area contributed by atoms with Gasteiger partial charge in [-0.15, -0.1) is 0 Å². The molecule has 1 aliphatic rings. The van der Waals surface area contributed by atoms with Gasteiger partial charge in [-0.2, -0.15) is 0 Å². The van der Waals surface area contributed by atoms with Crippen molar-refractivity contribution in [3.8, 4) is 11.5 Å². The highest BCUT2D eigenvalue weighted by Gasteiger charge is 2.23. The number of halogens is 1. The van der Waals surface area contributed by atoms with E-state index >= 15 is 0 Å². The molecule has 88 valence electrons. The fourth-order valence-corrected chi connectivity index (χ4v) is 2.78. The van der Waals surface area contributed by atoms with Crippen molar-refractivity contribution in [2.45, 2.75) is 25.7 Å². The average molecular weight is 242 g/mol. The molecule has 1 heterocycles. The first-order valence-corrected chi connectivity index (χ1v) is 5.90. The molecule has 0 aromatic heterocycles. The van der Waals surface area contributed by atoms with Crippen LogP contribution in [-0.4, -0.2) is 23.3 Å². The molecule has 0 saturated carbocycles. The maximum absolute atomic E-state index is 9.64. The molecule has 0 atom stereocenters. The van der Waals surface area contributed by atoms with Gasteiger partial charge in [0.25, 0.3) is 0 Å². The molecule has 1 aromatic rings. The molecule has 4 heteroatoms. The molecule has 16 heavy (non-hydrogen) atoms. The number of aryl methyl sites for hydroxylation is 1. The summed E-state index contributed by atoms with van der Waals surface area (Å²) in [4.78, 5) is 0. The SMILES string of the molecule is Cc1cc(O)c(O)c(Cl)c1C1CCNCC1. The normalized spacial score (nSPS) is 17.6. The summed E-state index contributed by atoms with van der Waals surface area (Å²) in [5.74, 6) is 0.0428. The molecule has 0 radical (unpaired) electrons. The zero-order valence-corrected chi connectivity index (χ0v) is 10.0. The zero-order chi connectivity index (χ0) is 11.7. The van der Waals surface area contributed by atoms with Crippen molar-refractivity contribution in [1.29, 1.82) is 0 Å². The van der Waals surface area contributed by atoms with Gasteiger partial charge in [-0.05, 0) is 56.0 Å². The van der Waals surface area contributed by atoms with Gasteiger partial charge in [0.1, 0.15) is 0 Å². The third-order valence-corrected chi connectivity index (χ3v) is 3.60. The van der Waals surface area contributed by atoms with Crippen LogP contribution in [0.15, 0.2) is 6.07 Å². The molecule has 1 aromatic carbocycles. The van der Waals surface area contributed by atoms with E-state index in [2.05, 4.69) is 5.32 Å². The Labute approximate surface area is 100 Å². The number of piperidine rings is 1. The summed E-state index contributed by atoms with van der Waals surface area (Å²) in [7, 11) is 0. The third-order valence-electron chi connectivity index (χ3n) is 3.21. The molecule has 0 unspecified atom stereocenters. The van der Waals surface area contributed by atoms with Gasteiger partial charge in [0.2, 0.25) is 0 Å². The van der Waals surface area contributed by atoms with E-state index in [4.69, 9.17) is 11.6 Å². The van der Waals surface area contributed by atoms with Gasteiger partial charge in [-0.1, -0.05) is 11.6 Å². The van der Waals surface area contributed by atoms with Gasteiger partial charge >= 0.3 is 0 Å². The second kappa shape index (κ2) is 4.52. The van der Waals surface area contributed by atoms with E-state index in [0.29, 0.717) is 10.9 Å². The summed E-state index contributed by atoms with van der Waals surface area (Å²) >= 11 is 6.11. The van der Waals surface area contributed by atoms with Gasteiger partial charge in [-0.25, -0.2) is 0 Å². The predicted octanol–water partition coefficient (Wildman–Crippen LogP) is 2.53. The van der Waals surface area contributed by atoms with E-state index in [1.165, 1.54) is 0 Å². The lowest BCUT2D eigenvalue weighted by Gasteiger charge is -2.25. The summed E-state index contributed by atoms with van der Waals surface area (Å²) in [6.45, 7) is 3.87. The van der Waals surface area contributed by atoms with Crippen LogP contribution in [0, 0.1) is 6.92 Å². The lowest BCUT2D eigenvalue weighted by molar-refractivity contribution is 0.400. The van der Waals surface area contributed by atoms with E-state index in [1.54, 1.807) is 6.07 Å². The number of benzene rings is 1. The van der Waals surface area contributed by atoms with E-state index in [1.807, 2.05) is 6.92 Å². The number of hydrogen-bond acceptors (Lipinski definition) is 3. The molecule has 2 rings (SSSR count). The monoisotopic (exact) mass is 241 g/mol. The quantitative estimate of drug-likeness (QED) is 0.663. The Morgan fingerprint density at radius 2 is 1.94 bits per heavy atom. The van der Waals surface area contributed by atoms with E-state index < -0.39 is 0 Å². The molecule has 0 spiro atoms. The summed E-state index contributed by atoms with van der Waals surface area (Å²) in [6.07, 6.45) is 2.04. The van der Waals surface area contributed by atoms with Crippen molar-refractivity contribution in [3.63, 3.8) is 0 Å². The van der Waals surface area contributed by atoms with Gasteiger partial charge in [0.05, 0.1) is 5.02 Å². The van der Waals surface area contributed by atoms with Crippen LogP contribution in [0.4, 0.5) is 0 Å². The minimum atomic E-state index is -0.194. The van der Waals surface area contributed by atoms with E-state index in [9.17, 15) is 10.2 Å². The molecule has 1 fully saturated rings. The highest BCUT2D eigenvalue weighted by molar-refractivity contribution is 6.33. The third kappa shape index (κ3) is 1.97. The number of phenols is 2. The molecule has 0 aliphatic carbocycles. The van der Waals surface area contributed by atoms with Crippen LogP contribution in [0.2, 0.25) is 5.02 Å². The maximum atomic E-state index is 9.64. The molecule has 1 saturated heterocycles. The van der Waals surface area contributed by atoms with Crippen molar-refractivity contribution < 1.29 is 10.2 Å². The van der Waals surface area contributed by atoms with Crippen molar-refractivity contribution in [3.05, 3.63) is 22.2 Å². The van der Waals surface area contributed by atoms with Crippen molar-refractivity contribution in [2.24, 2.45) is 0 Å². The second-order valence-electron chi connectivity index (χ2n) is 4.31. The molecule has 3 nitrogen and oxygen atoms in total. The van der Waals surface area contributed by atoms with E-state index in [0.717, 1.165) is 37.1 Å². The molecule has 0 bridgehead atoms. The Balaban J connectivity index is 2.42. The lowest BCUT2D eigenvalue weighted by atomic mass is 9.87. The number of phenolic OH excluding ortho intramolecular Hbond substituents is 2. The number of nitrogens with one attached hydrogen (secondary N) is 1. The smallest absolute Gasteiger partial charge is 0.176 e. The minimum Gasteiger partial charge on any atom is -0.504 e. The Hall–Kier alpha value is -0.930. The zero-order valence-electron chi connectivity index (χ0n) is 9.26. The summed E-state index contributed by atoms with van der Waals surface area (Å²) in [5.41, 5.74) is 1.94. The first-order chi connectivity index (χ1) is 7.61. The average Bonchev–Trinajstić information content (AvgIpc) is 2.28. The van der Waals surface area contributed by atoms with Gasteiger partial charge in [0.15, 0.2) is 11.5 Å². The number of hydrogen-bond donors (Lipinski definition) is 3. The van der Waals surface area contributed by atoms with Crippen LogP contribution < -0.4 is 5.32 Å². The lowest BCUT2D eigenvalue weighted by Crippen LogP contribution is -2.27. The Kier molecular flexibility index (Phi) is 3.26. The van der Waals surface area contributed by atoms with Crippen molar-refractivity contribution in [1.82, 2.24) is 5.32 Å². The van der Waals surface area contributed by atoms with Crippen LogP contribution in [0.25, 0.3) is 0 Å². The van der Waals surface area contributed by atoms with Crippen LogP contribution in [0.3, 0.4) is 0 Å². The largest absolute Gasteiger partial charge is 0.504 e. The topological polar surface area (TPSA) is 52.5 Å². The number of aromatic hydroxyl groups is 2. The summed E-state index contributed by atoms with van der Waals surface area (Å²) < 4.78 is 0. The maximum Gasteiger partial charge on any atom is 0.176 e. The predicted molar refractivity (Wildman–Crippen MR) is 64.4 cm³/mol. The minimum absolute atomic E-state index is 0.139. The Morgan fingerprint density at radius 1 is 1.31 bits per heavy atom. The standard InChI is InChI=1S/C12H16ClNO2/c1-7-6-9(15)12(16)11(13)10(7)8-2-4-14-5-3-8/h6,8,14-16H,2-5H2,1H3. The van der Waals surface area contributed by atoms with Crippen LogP contribution in [0.1, 0.15) is 29.9 Å². The van der Waals surface area contributed by atoms with E-state index in [-0.39, 0.29) is 11.5 Å². The molecule has 3 N–H and O–H groups in total. The van der Waals surface area contributed by atoms with Gasteiger partial charge in [0, 0.05) is 0 Å². The van der Waals surface area contributed by atoms with Crippen LogP contribution >= 0.6 is 11.6 Å². The highest BCUT2D eigenvalue weighted by atomic mass is 35.5. The molecular weight excluding hydrogens is 226 g/mol. The van der Waals surface area contributed by atoms with Crippen molar-refractivity contribution >= 4 is 11.6 Å².